The highest BCUT2D eigenvalue weighted by Crippen LogP contribution is 2.20. The number of nitrogens with one attached hydrogen (secondary N) is 10. The molecule has 84 heavy (non-hydrogen) atoms. The number of nitrogens with zero attached hydrogens (tertiary/aromatic N) is 2. The van der Waals surface area contributed by atoms with Crippen LogP contribution in [0, 0.1) is 0 Å². The van der Waals surface area contributed by atoms with E-state index in [9.17, 15) is 57.8 Å². The molecule has 25 N–H and O–H groups in total. The number of hydrogen-bond acceptors (Lipinski definition) is 18. The third-order valence-corrected chi connectivity index (χ3v) is 13.8. The number of primary amides is 2. The summed E-state index contributed by atoms with van der Waals surface area (Å²) in [5.74, 6) is -11.0. The Balaban J connectivity index is 2.04. The number of aliphatic carboxylic acids is 1. The number of aliphatic imine (C=N–C) groups is 1. The quantitative estimate of drug-likeness (QED) is 0.0109. The van der Waals surface area contributed by atoms with E-state index in [0.29, 0.717) is 41.4 Å². The summed E-state index contributed by atoms with van der Waals surface area (Å²) in [7, 11) is 0. The van der Waals surface area contributed by atoms with Crippen molar-refractivity contribution in [2.45, 2.75) is 144 Å². The minimum absolute atomic E-state index is 0.0158. The van der Waals surface area contributed by atoms with E-state index < -0.39 is 139 Å². The SMILES string of the molecule is NCCCC[C@H](NC(=O)[C@H](CCC(N)=O)NC(=O)[C@H](Cc1c[nH]c2ccccc12)NC(=O)[C@H](CCCCN)NC(=O)[C@H](Cc1cnc[nH]1)NC(=O)[C@@H](N)CS)C(=O)N[C@@H](CCCN=C(N)N)C(=O)N[C@@H](CCC(N)=O)C(=O)N[C@@H](CS)C(=O)O. The monoisotopic (exact) mass is 1220 g/mol. The van der Waals surface area contributed by atoms with E-state index in [1.54, 1.807) is 30.5 Å². The molecule has 31 nitrogen and oxygen atoms in total. The van der Waals surface area contributed by atoms with Gasteiger partial charge in [-0.3, -0.25) is 52.9 Å². The number of fused-ring (bicyclic) bond motifs is 1. The Morgan fingerprint density at radius 2 is 0.964 bits per heavy atom. The van der Waals surface area contributed by atoms with Gasteiger partial charge in [0.1, 0.15) is 48.3 Å². The van der Waals surface area contributed by atoms with E-state index in [2.05, 4.69) is 87.7 Å². The molecule has 0 bridgehead atoms. The average molecular weight is 1220 g/mol. The number of imidazole rings is 1. The number of rotatable bonds is 41. The van der Waals surface area contributed by atoms with Crippen molar-refractivity contribution in [3.63, 3.8) is 0 Å². The number of guanidine groups is 1. The van der Waals surface area contributed by atoms with Crippen LogP contribution in [0.4, 0.5) is 0 Å². The Bertz CT molecular complexity index is 2710. The van der Waals surface area contributed by atoms with Crippen molar-refractivity contribution >= 4 is 107 Å². The molecule has 464 valence electrons. The molecule has 33 heteroatoms. The van der Waals surface area contributed by atoms with Gasteiger partial charge in [0, 0.05) is 72.7 Å². The number of thiol groups is 2. The van der Waals surface area contributed by atoms with E-state index in [1.807, 2.05) is 0 Å². The molecule has 0 radical (unpaired) electrons. The van der Waals surface area contributed by atoms with E-state index in [4.69, 9.17) is 40.1 Å². The Morgan fingerprint density at radius 3 is 1.39 bits per heavy atom. The third-order valence-electron chi connectivity index (χ3n) is 13.0. The average Bonchev–Trinajstić information content (AvgIpc) is 4.35. The summed E-state index contributed by atoms with van der Waals surface area (Å²) in [4.78, 5) is 162. The zero-order valence-electron chi connectivity index (χ0n) is 46.4. The minimum atomic E-state index is -1.62. The predicted molar refractivity (Wildman–Crippen MR) is 316 cm³/mol. The summed E-state index contributed by atoms with van der Waals surface area (Å²) in [6, 6.07) is -5.71. The summed E-state index contributed by atoms with van der Waals surface area (Å²) < 4.78 is 0. The maximum absolute atomic E-state index is 14.8. The summed E-state index contributed by atoms with van der Waals surface area (Å²) in [5.41, 5.74) is 41.1. The van der Waals surface area contributed by atoms with Crippen LogP contribution >= 0.6 is 25.3 Å². The highest BCUT2D eigenvalue weighted by atomic mass is 32.1. The first kappa shape index (κ1) is 70.3. The lowest BCUT2D eigenvalue weighted by Gasteiger charge is -2.28. The molecule has 2 aromatic heterocycles. The number of H-pyrrole nitrogens is 2. The number of hydrogen-bond donors (Lipinski definition) is 20. The predicted octanol–water partition coefficient (Wildman–Crippen LogP) is -5.33. The molecule has 0 saturated carbocycles. The van der Waals surface area contributed by atoms with Crippen LogP contribution in [0.15, 0.2) is 48.0 Å². The molecule has 10 amide bonds. The largest absolute Gasteiger partial charge is 0.480 e. The first-order chi connectivity index (χ1) is 40.0. The van der Waals surface area contributed by atoms with Crippen LogP contribution in [-0.4, -0.2) is 177 Å². The lowest BCUT2D eigenvalue weighted by Crippen LogP contribution is -2.61. The summed E-state index contributed by atoms with van der Waals surface area (Å²) in [5, 5.41) is 30.7. The Kier molecular flexibility index (Phi) is 31.2. The zero-order valence-corrected chi connectivity index (χ0v) is 48.2. The molecule has 1 aromatic carbocycles. The summed E-state index contributed by atoms with van der Waals surface area (Å²) >= 11 is 8.04. The van der Waals surface area contributed by atoms with Gasteiger partial charge in [0.05, 0.1) is 12.4 Å². The van der Waals surface area contributed by atoms with Gasteiger partial charge in [0.2, 0.25) is 59.1 Å². The first-order valence-corrected chi connectivity index (χ1v) is 28.5. The molecule has 2 heterocycles. The first-order valence-electron chi connectivity index (χ1n) is 27.2. The van der Waals surface area contributed by atoms with Crippen LogP contribution in [0.1, 0.15) is 88.3 Å². The smallest absolute Gasteiger partial charge is 0.327 e. The van der Waals surface area contributed by atoms with Crippen LogP contribution in [0.3, 0.4) is 0 Å². The zero-order chi connectivity index (χ0) is 62.3. The van der Waals surface area contributed by atoms with Gasteiger partial charge in [0.15, 0.2) is 5.96 Å². The Labute approximate surface area is 495 Å². The van der Waals surface area contributed by atoms with Gasteiger partial charge in [-0.2, -0.15) is 25.3 Å². The molecular weight excluding hydrogens is 1130 g/mol. The molecule has 0 spiro atoms. The number of nitrogens with two attached hydrogens (primary N) is 7. The number of para-hydroxylation sites is 1. The molecule has 0 aliphatic carbocycles. The van der Waals surface area contributed by atoms with Crippen molar-refractivity contribution in [1.29, 1.82) is 0 Å². The molecule has 3 aromatic rings. The number of benzene rings is 1. The molecule has 0 aliphatic heterocycles. The fourth-order valence-electron chi connectivity index (χ4n) is 8.41. The standard InChI is InChI=1S/C51H81N19O12S2/c52-17-5-3-10-32(43(74)64-34(12-7-19-60-51(57)58)44(75)66-36(14-16-41(56)72)47(78)70-39(25-84)50(81)82)63-46(77)35(13-15-40(55)71)67-48(79)37(20-27-22-61-31-9-2-1-8-29(27)31)69-45(76)33(11-4-6-18-53)65-49(80)38(21-28-23-59-26-62-28)68-42(73)30(54)24-83/h1-2,8-9,22-23,26,30,32-39,61,83-84H,3-7,10-21,24-25,52-54H2,(H2,55,71)(H2,56,72)(H,59,62)(H,63,77)(H,64,74)(H,65,80)(H,66,75)(H,67,79)(H,68,73)(H,69,76)(H,70,78)(H,81,82)(H4,57,58,60)/t30-,32-,33-,34-,35-,36-,37-,38-,39-/m0/s1. The van der Waals surface area contributed by atoms with Crippen molar-refractivity contribution in [2.24, 2.45) is 45.1 Å². The maximum Gasteiger partial charge on any atom is 0.327 e. The van der Waals surface area contributed by atoms with Gasteiger partial charge < -0.3 is 97.7 Å². The highest BCUT2D eigenvalue weighted by molar-refractivity contribution is 7.80. The van der Waals surface area contributed by atoms with Crippen LogP contribution < -0.4 is 82.7 Å². The number of unbranched alkanes of at least 4 members (excludes halogenated alkanes) is 2. The molecular formula is C51H81N19O12S2. The summed E-state index contributed by atoms with van der Waals surface area (Å²) in [6.07, 6.45) is 3.64. The summed E-state index contributed by atoms with van der Waals surface area (Å²) in [6.45, 7) is 0.386. The second-order valence-electron chi connectivity index (χ2n) is 19.7. The lowest BCUT2D eigenvalue weighted by atomic mass is 10.0. The maximum atomic E-state index is 14.8. The molecule has 0 unspecified atom stereocenters. The van der Waals surface area contributed by atoms with Crippen LogP contribution in [0.2, 0.25) is 0 Å². The fraction of sp³-hybridized carbons (Fsp3) is 0.549. The van der Waals surface area contributed by atoms with Crippen molar-refractivity contribution in [3.8, 4) is 0 Å². The third kappa shape index (κ3) is 24.8. The second kappa shape index (κ2) is 37.2. The normalized spacial score (nSPS) is 14.3. The van der Waals surface area contributed by atoms with Gasteiger partial charge in [-0.15, -0.1) is 0 Å². The number of aromatic amines is 2. The number of carbonyl (C=O) groups is 11. The van der Waals surface area contributed by atoms with Gasteiger partial charge >= 0.3 is 5.97 Å². The topological polar surface area (TPSA) is 543 Å². The van der Waals surface area contributed by atoms with Crippen LogP contribution in [-0.2, 0) is 65.6 Å². The number of carboxylic acid groups (broad SMARTS) is 1. The van der Waals surface area contributed by atoms with Crippen molar-refractivity contribution in [1.82, 2.24) is 57.5 Å². The molecule has 0 fully saturated rings. The van der Waals surface area contributed by atoms with Gasteiger partial charge in [-0.05, 0) is 88.9 Å². The number of carboxylic acids is 1. The number of aromatic nitrogens is 3. The Morgan fingerprint density at radius 1 is 0.536 bits per heavy atom. The molecule has 9 atom stereocenters. The van der Waals surface area contributed by atoms with E-state index >= 15 is 0 Å². The van der Waals surface area contributed by atoms with E-state index in [1.165, 1.54) is 12.5 Å². The van der Waals surface area contributed by atoms with E-state index in [-0.39, 0.29) is 88.5 Å². The molecule has 0 aliphatic rings. The van der Waals surface area contributed by atoms with Crippen molar-refractivity contribution < 1.29 is 57.8 Å². The van der Waals surface area contributed by atoms with Crippen LogP contribution in [0.25, 0.3) is 10.9 Å². The Hall–Kier alpha value is -8.01. The van der Waals surface area contributed by atoms with Gasteiger partial charge in [0.25, 0.3) is 0 Å². The molecule has 0 saturated heterocycles. The van der Waals surface area contributed by atoms with E-state index in [0.717, 1.165) is 0 Å². The number of carbonyl (C=O) groups excluding carboxylic acids is 10. The van der Waals surface area contributed by atoms with Gasteiger partial charge in [-0.25, -0.2) is 9.78 Å². The lowest BCUT2D eigenvalue weighted by molar-refractivity contribution is -0.141. The second-order valence-corrected chi connectivity index (χ2v) is 20.4. The highest BCUT2D eigenvalue weighted by Gasteiger charge is 2.36. The minimum Gasteiger partial charge on any atom is -0.480 e. The van der Waals surface area contributed by atoms with Gasteiger partial charge in [-0.1, -0.05) is 18.2 Å². The number of amides is 10. The molecule has 3 rings (SSSR count). The fourth-order valence-corrected chi connectivity index (χ4v) is 8.83. The van der Waals surface area contributed by atoms with Crippen LogP contribution in [0.5, 0.6) is 0 Å². The van der Waals surface area contributed by atoms with Crippen molar-refractivity contribution in [3.05, 3.63) is 54.2 Å². The van der Waals surface area contributed by atoms with Crippen molar-refractivity contribution in [2.75, 3.05) is 31.1 Å².